The zero-order chi connectivity index (χ0) is 17.8. The number of benzene rings is 1. The summed E-state index contributed by atoms with van der Waals surface area (Å²) in [4.78, 5) is 16.3. The van der Waals surface area contributed by atoms with Crippen LogP contribution in [0.1, 0.15) is 6.92 Å². The van der Waals surface area contributed by atoms with Crippen molar-refractivity contribution in [3.63, 3.8) is 0 Å². The van der Waals surface area contributed by atoms with E-state index in [0.29, 0.717) is 11.0 Å². The molecule has 6 nitrogen and oxygen atoms in total. The second-order valence-corrected chi connectivity index (χ2v) is 6.64. The van der Waals surface area contributed by atoms with Crippen LogP contribution in [0.15, 0.2) is 53.9 Å². The van der Waals surface area contributed by atoms with Crippen LogP contribution in [0.25, 0.3) is 11.4 Å². The van der Waals surface area contributed by atoms with E-state index in [-0.39, 0.29) is 11.6 Å². The van der Waals surface area contributed by atoms with E-state index in [2.05, 4.69) is 20.5 Å². The third-order valence-corrected chi connectivity index (χ3v) is 4.69. The molecule has 25 heavy (non-hydrogen) atoms. The van der Waals surface area contributed by atoms with Gasteiger partial charge in [-0.2, -0.15) is 0 Å². The van der Waals surface area contributed by atoms with E-state index in [0.717, 1.165) is 5.56 Å². The Bertz CT molecular complexity index is 884. The first kappa shape index (κ1) is 17.1. The number of rotatable bonds is 5. The molecule has 0 aliphatic rings. The Morgan fingerprint density at radius 3 is 2.64 bits per heavy atom. The molecule has 2 aromatic heterocycles. The first-order valence-electron chi connectivity index (χ1n) is 7.58. The van der Waals surface area contributed by atoms with Crippen molar-refractivity contribution < 1.29 is 9.18 Å². The fourth-order valence-corrected chi connectivity index (χ4v) is 2.99. The van der Waals surface area contributed by atoms with Gasteiger partial charge >= 0.3 is 0 Å². The summed E-state index contributed by atoms with van der Waals surface area (Å²) in [5.41, 5.74) is 1.05. The topological polar surface area (TPSA) is 72.7 Å². The SMILES string of the molecule is C[C@@H](Sc1nnc(-c2ccncc2)n1C)C(=O)Nc1ccccc1F. The van der Waals surface area contributed by atoms with Gasteiger partial charge in [0, 0.05) is 25.0 Å². The predicted octanol–water partition coefficient (Wildman–Crippen LogP) is 3.14. The Balaban J connectivity index is 1.71. The lowest BCUT2D eigenvalue weighted by molar-refractivity contribution is -0.115. The Kier molecular flexibility index (Phi) is 5.08. The standard InChI is InChI=1S/C17H16FN5OS/c1-11(16(24)20-14-6-4-3-5-13(14)18)25-17-22-21-15(23(17)2)12-7-9-19-10-8-12/h3-11H,1-2H3,(H,20,24)/t11-/m1/s1. The Hall–Kier alpha value is -2.74. The van der Waals surface area contributed by atoms with Crippen LogP contribution >= 0.6 is 11.8 Å². The van der Waals surface area contributed by atoms with Gasteiger partial charge in [0.15, 0.2) is 11.0 Å². The summed E-state index contributed by atoms with van der Waals surface area (Å²) in [6.07, 6.45) is 3.36. The summed E-state index contributed by atoms with van der Waals surface area (Å²) in [7, 11) is 1.83. The molecule has 1 atom stereocenters. The molecule has 0 aliphatic carbocycles. The van der Waals surface area contributed by atoms with E-state index in [9.17, 15) is 9.18 Å². The lowest BCUT2D eigenvalue weighted by atomic mass is 10.2. The number of amides is 1. The molecule has 3 rings (SSSR count). The maximum atomic E-state index is 13.6. The minimum Gasteiger partial charge on any atom is -0.323 e. The minimum absolute atomic E-state index is 0.162. The lowest BCUT2D eigenvalue weighted by Crippen LogP contribution is -2.23. The van der Waals surface area contributed by atoms with Crippen LogP contribution in [0.4, 0.5) is 10.1 Å². The average molecular weight is 357 g/mol. The maximum absolute atomic E-state index is 13.6. The Labute approximate surface area is 148 Å². The number of hydrogen-bond acceptors (Lipinski definition) is 5. The fourth-order valence-electron chi connectivity index (χ4n) is 2.18. The number of anilines is 1. The number of pyridine rings is 1. The molecule has 0 radical (unpaired) electrons. The number of para-hydroxylation sites is 1. The number of carbonyl (C=O) groups excluding carboxylic acids is 1. The average Bonchev–Trinajstić information content (AvgIpc) is 2.98. The predicted molar refractivity (Wildman–Crippen MR) is 94.6 cm³/mol. The van der Waals surface area contributed by atoms with Crippen molar-refractivity contribution in [2.24, 2.45) is 7.05 Å². The van der Waals surface area contributed by atoms with Crippen molar-refractivity contribution in [1.29, 1.82) is 0 Å². The van der Waals surface area contributed by atoms with E-state index in [1.54, 1.807) is 31.5 Å². The first-order valence-corrected chi connectivity index (χ1v) is 8.46. The summed E-state index contributed by atoms with van der Waals surface area (Å²) in [5, 5.41) is 11.0. The Morgan fingerprint density at radius 2 is 1.92 bits per heavy atom. The van der Waals surface area contributed by atoms with Gasteiger partial charge in [0.1, 0.15) is 5.82 Å². The number of carbonyl (C=O) groups is 1. The molecule has 3 aromatic rings. The highest BCUT2D eigenvalue weighted by Gasteiger charge is 2.20. The van der Waals surface area contributed by atoms with Gasteiger partial charge in [0.05, 0.1) is 10.9 Å². The van der Waals surface area contributed by atoms with Crippen LogP contribution in [-0.2, 0) is 11.8 Å². The van der Waals surface area contributed by atoms with Gasteiger partial charge in [-0.05, 0) is 31.2 Å². The van der Waals surface area contributed by atoms with E-state index in [4.69, 9.17) is 0 Å². The van der Waals surface area contributed by atoms with Crippen molar-refractivity contribution in [3.8, 4) is 11.4 Å². The molecule has 0 aliphatic heterocycles. The van der Waals surface area contributed by atoms with Crippen LogP contribution in [0, 0.1) is 5.82 Å². The number of nitrogens with one attached hydrogen (secondary N) is 1. The monoisotopic (exact) mass is 357 g/mol. The number of nitrogens with zero attached hydrogens (tertiary/aromatic N) is 4. The minimum atomic E-state index is -0.466. The quantitative estimate of drug-likeness (QED) is 0.710. The van der Waals surface area contributed by atoms with Crippen LogP contribution < -0.4 is 5.32 Å². The molecular weight excluding hydrogens is 341 g/mol. The van der Waals surface area contributed by atoms with Crippen molar-refractivity contribution in [1.82, 2.24) is 19.7 Å². The molecule has 2 heterocycles. The van der Waals surface area contributed by atoms with Gasteiger partial charge in [-0.3, -0.25) is 9.78 Å². The molecule has 0 unspecified atom stereocenters. The molecule has 1 N–H and O–H groups in total. The largest absolute Gasteiger partial charge is 0.323 e. The summed E-state index contributed by atoms with van der Waals surface area (Å²) in [6, 6.07) is 9.74. The van der Waals surface area contributed by atoms with Crippen LogP contribution in [0.5, 0.6) is 0 Å². The van der Waals surface area contributed by atoms with E-state index >= 15 is 0 Å². The second-order valence-electron chi connectivity index (χ2n) is 5.33. The van der Waals surface area contributed by atoms with Crippen LogP contribution in [0.2, 0.25) is 0 Å². The fraction of sp³-hybridized carbons (Fsp3) is 0.176. The van der Waals surface area contributed by atoms with E-state index in [1.807, 2.05) is 23.7 Å². The zero-order valence-electron chi connectivity index (χ0n) is 13.7. The number of aromatic nitrogens is 4. The highest BCUT2D eigenvalue weighted by Crippen LogP contribution is 2.26. The van der Waals surface area contributed by atoms with Gasteiger partial charge in [0.2, 0.25) is 5.91 Å². The molecule has 0 spiro atoms. The molecule has 1 amide bonds. The van der Waals surface area contributed by atoms with Crippen LogP contribution in [0.3, 0.4) is 0 Å². The summed E-state index contributed by atoms with van der Waals surface area (Å²) in [5.74, 6) is -0.0816. The normalized spacial score (nSPS) is 12.0. The molecule has 1 aromatic carbocycles. The zero-order valence-corrected chi connectivity index (χ0v) is 14.5. The highest BCUT2D eigenvalue weighted by molar-refractivity contribution is 8.00. The summed E-state index contributed by atoms with van der Waals surface area (Å²) in [6.45, 7) is 1.74. The number of thioether (sulfide) groups is 1. The van der Waals surface area contributed by atoms with Gasteiger partial charge in [0.25, 0.3) is 0 Å². The van der Waals surface area contributed by atoms with Gasteiger partial charge in [-0.1, -0.05) is 23.9 Å². The second kappa shape index (κ2) is 7.43. The maximum Gasteiger partial charge on any atom is 0.237 e. The van der Waals surface area contributed by atoms with Crippen molar-refractivity contribution in [2.75, 3.05) is 5.32 Å². The molecule has 0 fully saturated rings. The van der Waals surface area contributed by atoms with E-state index < -0.39 is 11.1 Å². The molecule has 0 saturated heterocycles. The third-order valence-electron chi connectivity index (χ3n) is 3.56. The molecule has 0 saturated carbocycles. The summed E-state index contributed by atoms with van der Waals surface area (Å²) < 4.78 is 15.5. The van der Waals surface area contributed by atoms with Crippen molar-refractivity contribution >= 4 is 23.4 Å². The van der Waals surface area contributed by atoms with E-state index in [1.165, 1.54) is 23.9 Å². The first-order chi connectivity index (χ1) is 12.1. The highest BCUT2D eigenvalue weighted by atomic mass is 32.2. The molecule has 128 valence electrons. The number of halogens is 1. The number of hydrogen-bond donors (Lipinski definition) is 1. The lowest BCUT2D eigenvalue weighted by Gasteiger charge is -2.12. The molecule has 8 heteroatoms. The van der Waals surface area contributed by atoms with Crippen molar-refractivity contribution in [3.05, 3.63) is 54.6 Å². The summed E-state index contributed by atoms with van der Waals surface area (Å²) >= 11 is 1.26. The molecule has 0 bridgehead atoms. The molecular formula is C17H16FN5OS. The van der Waals surface area contributed by atoms with Gasteiger partial charge in [-0.25, -0.2) is 4.39 Å². The van der Waals surface area contributed by atoms with Gasteiger partial charge in [-0.15, -0.1) is 10.2 Å². The third kappa shape index (κ3) is 3.85. The van der Waals surface area contributed by atoms with Gasteiger partial charge < -0.3 is 9.88 Å². The van der Waals surface area contributed by atoms with Crippen LogP contribution in [-0.4, -0.2) is 30.9 Å². The van der Waals surface area contributed by atoms with Crippen molar-refractivity contribution in [2.45, 2.75) is 17.3 Å². The Morgan fingerprint density at radius 1 is 1.20 bits per heavy atom. The smallest absolute Gasteiger partial charge is 0.237 e.